The van der Waals surface area contributed by atoms with E-state index < -0.39 is 0 Å². The van der Waals surface area contributed by atoms with Crippen molar-refractivity contribution >= 4 is 28.9 Å². The lowest BCUT2D eigenvalue weighted by Gasteiger charge is -2.15. The fourth-order valence-corrected chi connectivity index (χ4v) is 3.07. The molecule has 0 aliphatic heterocycles. The van der Waals surface area contributed by atoms with Crippen LogP contribution in [0.15, 0.2) is 66.7 Å². The molecule has 0 aromatic heterocycles. The van der Waals surface area contributed by atoms with Gasteiger partial charge in [-0.3, -0.25) is 0 Å². The summed E-state index contributed by atoms with van der Waals surface area (Å²) >= 11 is 12.2. The molecule has 0 saturated heterocycles. The van der Waals surface area contributed by atoms with Gasteiger partial charge in [-0.1, -0.05) is 53.5 Å². The number of benzene rings is 3. The van der Waals surface area contributed by atoms with Crippen molar-refractivity contribution in [2.75, 3.05) is 11.9 Å². The van der Waals surface area contributed by atoms with Gasteiger partial charge in [0, 0.05) is 27.8 Å². The molecule has 0 aliphatic rings. The highest BCUT2D eigenvalue weighted by Crippen LogP contribution is 2.31. The molecule has 0 aliphatic carbocycles. The normalized spacial score (nSPS) is 10.5. The third-order valence-electron chi connectivity index (χ3n) is 3.98. The van der Waals surface area contributed by atoms with Crippen molar-refractivity contribution in [1.29, 1.82) is 0 Å². The monoisotopic (exact) mass is 401 g/mol. The molecule has 0 unspecified atom stereocenters. The Labute approximate surface area is 169 Å². The van der Waals surface area contributed by atoms with Crippen molar-refractivity contribution in [2.45, 2.75) is 20.1 Å². The number of para-hydroxylation sites is 1. The molecule has 0 atom stereocenters. The molecule has 0 amide bonds. The maximum atomic E-state index is 6.22. The first-order valence-electron chi connectivity index (χ1n) is 8.77. The van der Waals surface area contributed by atoms with Crippen molar-refractivity contribution in [3.63, 3.8) is 0 Å². The summed E-state index contributed by atoms with van der Waals surface area (Å²) in [7, 11) is 0. The van der Waals surface area contributed by atoms with Crippen LogP contribution >= 0.6 is 23.2 Å². The number of rotatable bonds is 8. The maximum Gasteiger partial charge on any atom is 0.161 e. The third-order valence-corrected chi connectivity index (χ3v) is 4.56. The standard InChI is InChI=1S/C22H21Cl2NO2/c1-2-26-22-12-16(14-25-19-6-4-3-5-7-19)8-11-21(22)27-15-17-9-10-18(23)13-20(17)24/h3-13,25H,2,14-15H2,1H3. The highest BCUT2D eigenvalue weighted by Gasteiger charge is 2.09. The molecule has 3 rings (SSSR count). The van der Waals surface area contributed by atoms with Crippen LogP contribution in [0, 0.1) is 0 Å². The molecule has 140 valence electrons. The molecular formula is C22H21Cl2NO2. The SMILES string of the molecule is CCOc1cc(CNc2ccccc2)ccc1OCc1ccc(Cl)cc1Cl. The minimum atomic E-state index is 0.345. The Morgan fingerprint density at radius 3 is 2.41 bits per heavy atom. The molecular weight excluding hydrogens is 381 g/mol. The minimum absolute atomic E-state index is 0.345. The molecule has 0 fully saturated rings. The summed E-state index contributed by atoms with van der Waals surface area (Å²) in [5, 5.41) is 4.59. The average Bonchev–Trinajstić information content (AvgIpc) is 2.68. The Hall–Kier alpha value is -2.36. The van der Waals surface area contributed by atoms with Gasteiger partial charge in [-0.2, -0.15) is 0 Å². The van der Waals surface area contributed by atoms with Crippen molar-refractivity contribution in [1.82, 2.24) is 0 Å². The van der Waals surface area contributed by atoms with Crippen molar-refractivity contribution in [2.24, 2.45) is 0 Å². The molecule has 27 heavy (non-hydrogen) atoms. The number of nitrogens with one attached hydrogen (secondary N) is 1. The molecule has 5 heteroatoms. The fourth-order valence-electron chi connectivity index (χ4n) is 2.60. The van der Waals surface area contributed by atoms with Gasteiger partial charge in [-0.25, -0.2) is 0 Å². The van der Waals surface area contributed by atoms with E-state index >= 15 is 0 Å². The van der Waals surface area contributed by atoms with Crippen molar-refractivity contribution < 1.29 is 9.47 Å². The van der Waals surface area contributed by atoms with E-state index in [1.165, 1.54) is 0 Å². The predicted octanol–water partition coefficient (Wildman–Crippen LogP) is 6.58. The van der Waals surface area contributed by atoms with Crippen LogP contribution in [-0.4, -0.2) is 6.61 Å². The third kappa shape index (κ3) is 5.56. The Bertz CT molecular complexity index is 885. The molecule has 0 radical (unpaired) electrons. The minimum Gasteiger partial charge on any atom is -0.490 e. The summed E-state index contributed by atoms with van der Waals surface area (Å²) in [6.07, 6.45) is 0. The Morgan fingerprint density at radius 2 is 1.67 bits per heavy atom. The Kier molecular flexibility index (Phi) is 6.86. The molecule has 1 N–H and O–H groups in total. The lowest BCUT2D eigenvalue weighted by atomic mass is 10.2. The Morgan fingerprint density at radius 1 is 0.852 bits per heavy atom. The van der Waals surface area contributed by atoms with Crippen LogP contribution in [0.4, 0.5) is 5.69 Å². The second-order valence-electron chi connectivity index (χ2n) is 5.96. The van der Waals surface area contributed by atoms with E-state index in [9.17, 15) is 0 Å². The fraction of sp³-hybridized carbons (Fsp3) is 0.182. The van der Waals surface area contributed by atoms with Crippen LogP contribution in [-0.2, 0) is 13.2 Å². The number of hydrogen-bond acceptors (Lipinski definition) is 3. The quantitative estimate of drug-likeness (QED) is 0.462. The molecule has 3 nitrogen and oxygen atoms in total. The van der Waals surface area contributed by atoms with E-state index in [1.54, 1.807) is 12.1 Å². The van der Waals surface area contributed by atoms with Crippen LogP contribution < -0.4 is 14.8 Å². The van der Waals surface area contributed by atoms with Crippen molar-refractivity contribution in [3.8, 4) is 11.5 Å². The van der Waals surface area contributed by atoms with Gasteiger partial charge in [-0.05, 0) is 48.9 Å². The predicted molar refractivity (Wildman–Crippen MR) is 112 cm³/mol. The van der Waals surface area contributed by atoms with Crippen molar-refractivity contribution in [3.05, 3.63) is 87.9 Å². The number of ether oxygens (including phenoxy) is 2. The van der Waals surface area contributed by atoms with Crippen LogP contribution in [0.1, 0.15) is 18.1 Å². The lowest BCUT2D eigenvalue weighted by Crippen LogP contribution is -2.03. The average molecular weight is 402 g/mol. The lowest BCUT2D eigenvalue weighted by molar-refractivity contribution is 0.269. The highest BCUT2D eigenvalue weighted by atomic mass is 35.5. The molecule has 0 saturated carbocycles. The van der Waals surface area contributed by atoms with E-state index in [4.69, 9.17) is 32.7 Å². The van der Waals surface area contributed by atoms with Crippen LogP contribution in [0.3, 0.4) is 0 Å². The van der Waals surface area contributed by atoms with E-state index in [0.29, 0.717) is 35.6 Å². The topological polar surface area (TPSA) is 30.5 Å². The van der Waals surface area contributed by atoms with Gasteiger partial charge < -0.3 is 14.8 Å². The van der Waals surface area contributed by atoms with Gasteiger partial charge in [0.15, 0.2) is 11.5 Å². The summed E-state index contributed by atoms with van der Waals surface area (Å²) in [6, 6.07) is 21.4. The zero-order valence-corrected chi connectivity index (χ0v) is 16.6. The maximum absolute atomic E-state index is 6.22. The molecule has 3 aromatic carbocycles. The first kappa shape index (κ1) is 19.4. The number of halogens is 2. The van der Waals surface area contributed by atoms with E-state index in [0.717, 1.165) is 22.6 Å². The van der Waals surface area contributed by atoms with Crippen LogP contribution in [0.2, 0.25) is 10.0 Å². The summed E-state index contributed by atoms with van der Waals surface area (Å²) in [4.78, 5) is 0. The molecule has 3 aromatic rings. The first-order valence-corrected chi connectivity index (χ1v) is 9.52. The summed E-state index contributed by atoms with van der Waals surface area (Å²) < 4.78 is 11.7. The van der Waals surface area contributed by atoms with Gasteiger partial charge in [0.25, 0.3) is 0 Å². The highest BCUT2D eigenvalue weighted by molar-refractivity contribution is 6.35. The van der Waals surface area contributed by atoms with Gasteiger partial charge in [0.05, 0.1) is 6.61 Å². The second-order valence-corrected chi connectivity index (χ2v) is 6.80. The summed E-state index contributed by atoms with van der Waals surface area (Å²) in [5.74, 6) is 1.40. The van der Waals surface area contributed by atoms with E-state index in [-0.39, 0.29) is 0 Å². The first-order chi connectivity index (χ1) is 13.2. The van der Waals surface area contributed by atoms with Gasteiger partial charge in [0.2, 0.25) is 0 Å². The van der Waals surface area contributed by atoms with Gasteiger partial charge in [-0.15, -0.1) is 0 Å². The van der Waals surface area contributed by atoms with Crippen LogP contribution in [0.25, 0.3) is 0 Å². The molecule has 0 spiro atoms. The van der Waals surface area contributed by atoms with Gasteiger partial charge in [0.1, 0.15) is 6.61 Å². The molecule has 0 bridgehead atoms. The van der Waals surface area contributed by atoms with Gasteiger partial charge >= 0.3 is 0 Å². The summed E-state index contributed by atoms with van der Waals surface area (Å²) in [5.41, 5.74) is 3.06. The molecule has 0 heterocycles. The van der Waals surface area contributed by atoms with E-state index in [1.807, 2.05) is 61.5 Å². The summed E-state index contributed by atoms with van der Waals surface area (Å²) in [6.45, 7) is 3.56. The second kappa shape index (κ2) is 9.54. The Balaban J connectivity index is 1.69. The zero-order valence-electron chi connectivity index (χ0n) is 15.0. The largest absolute Gasteiger partial charge is 0.490 e. The smallest absolute Gasteiger partial charge is 0.161 e. The van der Waals surface area contributed by atoms with Crippen LogP contribution in [0.5, 0.6) is 11.5 Å². The van der Waals surface area contributed by atoms with E-state index in [2.05, 4.69) is 5.32 Å². The number of anilines is 1. The number of hydrogen-bond donors (Lipinski definition) is 1. The zero-order chi connectivity index (χ0) is 19.1.